The van der Waals surface area contributed by atoms with Gasteiger partial charge in [-0.3, -0.25) is 4.79 Å². The summed E-state index contributed by atoms with van der Waals surface area (Å²) in [5.41, 5.74) is 0.299. The molecule has 0 spiro atoms. The third kappa shape index (κ3) is 6.51. The molecular weight excluding hydrogens is 432 g/mol. The van der Waals surface area contributed by atoms with Gasteiger partial charge in [0.1, 0.15) is 5.75 Å². The highest BCUT2D eigenvalue weighted by atomic mass is 32.2. The molecule has 0 fully saturated rings. The zero-order chi connectivity index (χ0) is 22.2. The quantitative estimate of drug-likeness (QED) is 0.385. The lowest BCUT2D eigenvalue weighted by Crippen LogP contribution is -2.21. The van der Waals surface area contributed by atoms with Crippen molar-refractivity contribution in [2.45, 2.75) is 24.2 Å². The molecule has 1 amide bonds. The molecule has 1 heterocycles. The number of esters is 1. The number of amides is 1. The summed E-state index contributed by atoms with van der Waals surface area (Å²) >= 11 is 1.30. The van der Waals surface area contributed by atoms with Crippen LogP contribution in [0.3, 0.4) is 0 Å². The standard InChI is InChI=1S/C20H17F2N3O5S/c1-12-23-18(30-25-12)11-31-16-9-5-2-6-13(16)19(27)28-10-17(26)24-14-7-3-4-8-15(14)29-20(21)22/h2-9,20H,10-11H2,1H3,(H,24,26). The summed E-state index contributed by atoms with van der Waals surface area (Å²) in [5.74, 6) is -0.339. The van der Waals surface area contributed by atoms with Crippen LogP contribution in [0.1, 0.15) is 22.1 Å². The van der Waals surface area contributed by atoms with E-state index in [0.29, 0.717) is 22.4 Å². The minimum absolute atomic E-state index is 0.0367. The maximum atomic E-state index is 12.5. The molecular formula is C20H17F2N3O5S. The number of halogens is 2. The van der Waals surface area contributed by atoms with E-state index in [0.717, 1.165) is 0 Å². The van der Waals surface area contributed by atoms with Gasteiger partial charge in [-0.25, -0.2) is 4.79 Å². The summed E-state index contributed by atoms with van der Waals surface area (Å²) in [5, 5.41) is 6.08. The van der Waals surface area contributed by atoms with Crippen LogP contribution in [0, 0.1) is 6.92 Å². The van der Waals surface area contributed by atoms with Crippen LogP contribution in [0.15, 0.2) is 57.9 Å². The van der Waals surface area contributed by atoms with Crippen molar-refractivity contribution in [1.82, 2.24) is 10.1 Å². The number of nitrogens with one attached hydrogen (secondary N) is 1. The second kappa shape index (κ2) is 10.5. The van der Waals surface area contributed by atoms with Crippen molar-refractivity contribution in [2.75, 3.05) is 11.9 Å². The second-order valence-electron chi connectivity index (χ2n) is 6.02. The molecule has 0 saturated carbocycles. The van der Waals surface area contributed by atoms with E-state index < -0.39 is 25.1 Å². The van der Waals surface area contributed by atoms with Crippen molar-refractivity contribution in [3.63, 3.8) is 0 Å². The van der Waals surface area contributed by atoms with E-state index in [1.165, 1.54) is 36.0 Å². The fourth-order valence-electron chi connectivity index (χ4n) is 2.46. The van der Waals surface area contributed by atoms with Gasteiger partial charge in [0, 0.05) is 4.90 Å². The number of hydrogen-bond donors (Lipinski definition) is 1. The number of thioether (sulfide) groups is 1. The molecule has 0 atom stereocenters. The average molecular weight is 449 g/mol. The Bertz CT molecular complexity index is 1060. The van der Waals surface area contributed by atoms with Crippen LogP contribution in [0.4, 0.5) is 14.5 Å². The number of para-hydroxylation sites is 2. The van der Waals surface area contributed by atoms with E-state index in [2.05, 4.69) is 20.2 Å². The fourth-order valence-corrected chi connectivity index (χ4v) is 3.34. The molecule has 0 bridgehead atoms. The molecule has 1 aromatic heterocycles. The van der Waals surface area contributed by atoms with E-state index in [1.807, 2.05) is 0 Å². The monoisotopic (exact) mass is 449 g/mol. The average Bonchev–Trinajstić information content (AvgIpc) is 3.17. The van der Waals surface area contributed by atoms with E-state index in [-0.39, 0.29) is 17.0 Å². The Labute approximate surface area is 179 Å². The smallest absolute Gasteiger partial charge is 0.387 e. The molecule has 31 heavy (non-hydrogen) atoms. The SMILES string of the molecule is Cc1noc(CSc2ccccc2C(=O)OCC(=O)Nc2ccccc2OC(F)F)n1. The Kier molecular flexibility index (Phi) is 7.55. The van der Waals surface area contributed by atoms with Crippen molar-refractivity contribution in [3.05, 3.63) is 65.8 Å². The summed E-state index contributed by atoms with van der Waals surface area (Å²) < 4.78 is 39.4. The Balaban J connectivity index is 1.58. The number of nitrogens with zero attached hydrogens (tertiary/aromatic N) is 2. The first-order chi connectivity index (χ1) is 14.9. The van der Waals surface area contributed by atoms with Crippen molar-refractivity contribution < 1.29 is 32.4 Å². The zero-order valence-electron chi connectivity index (χ0n) is 16.2. The van der Waals surface area contributed by atoms with Crippen LogP contribution in [0.25, 0.3) is 0 Å². The highest BCUT2D eigenvalue weighted by molar-refractivity contribution is 7.98. The lowest BCUT2D eigenvalue weighted by Gasteiger charge is -2.12. The Morgan fingerprint density at radius 3 is 2.65 bits per heavy atom. The second-order valence-corrected chi connectivity index (χ2v) is 7.04. The number of ether oxygens (including phenoxy) is 2. The van der Waals surface area contributed by atoms with E-state index >= 15 is 0 Å². The number of carbonyl (C=O) groups is 2. The molecule has 162 valence electrons. The molecule has 0 unspecified atom stereocenters. The fraction of sp³-hybridized carbons (Fsp3) is 0.200. The van der Waals surface area contributed by atoms with Gasteiger partial charge in [-0.05, 0) is 31.2 Å². The zero-order valence-corrected chi connectivity index (χ0v) is 17.0. The molecule has 3 rings (SSSR count). The molecule has 0 radical (unpaired) electrons. The van der Waals surface area contributed by atoms with Crippen LogP contribution in [0.2, 0.25) is 0 Å². The largest absolute Gasteiger partial charge is 0.452 e. The number of hydrogen-bond acceptors (Lipinski definition) is 8. The predicted molar refractivity (Wildman–Crippen MR) is 107 cm³/mol. The predicted octanol–water partition coefficient (Wildman–Crippen LogP) is 4.07. The van der Waals surface area contributed by atoms with Gasteiger partial charge in [0.25, 0.3) is 5.91 Å². The number of anilines is 1. The van der Waals surface area contributed by atoms with Crippen LogP contribution in [0.5, 0.6) is 5.75 Å². The third-order valence-corrected chi connectivity index (χ3v) is 4.80. The molecule has 3 aromatic rings. The number of alkyl halides is 2. The summed E-state index contributed by atoms with van der Waals surface area (Å²) in [4.78, 5) is 29.3. The lowest BCUT2D eigenvalue weighted by molar-refractivity contribution is -0.119. The van der Waals surface area contributed by atoms with Gasteiger partial charge in [-0.2, -0.15) is 13.8 Å². The minimum atomic E-state index is -3.04. The van der Waals surface area contributed by atoms with Gasteiger partial charge >= 0.3 is 12.6 Å². The van der Waals surface area contributed by atoms with Gasteiger partial charge in [-0.15, -0.1) is 11.8 Å². The van der Waals surface area contributed by atoms with Crippen molar-refractivity contribution in [2.24, 2.45) is 0 Å². The van der Waals surface area contributed by atoms with E-state index in [9.17, 15) is 18.4 Å². The van der Waals surface area contributed by atoms with Crippen molar-refractivity contribution in [1.29, 1.82) is 0 Å². The molecule has 1 N–H and O–H groups in total. The Morgan fingerprint density at radius 2 is 1.90 bits per heavy atom. The van der Waals surface area contributed by atoms with Gasteiger partial charge in [0.15, 0.2) is 12.4 Å². The molecule has 0 saturated heterocycles. The Hall–Kier alpha value is -3.47. The first-order valence-electron chi connectivity index (χ1n) is 8.94. The first kappa shape index (κ1) is 22.2. The van der Waals surface area contributed by atoms with Gasteiger partial charge < -0.3 is 19.3 Å². The van der Waals surface area contributed by atoms with Crippen LogP contribution < -0.4 is 10.1 Å². The van der Waals surface area contributed by atoms with Crippen LogP contribution in [-0.4, -0.2) is 35.2 Å². The normalized spacial score (nSPS) is 10.7. The number of carbonyl (C=O) groups excluding carboxylic acids is 2. The Morgan fingerprint density at radius 1 is 1.16 bits per heavy atom. The highest BCUT2D eigenvalue weighted by Gasteiger charge is 2.17. The van der Waals surface area contributed by atoms with Gasteiger partial charge in [0.2, 0.25) is 5.89 Å². The van der Waals surface area contributed by atoms with Crippen molar-refractivity contribution in [3.8, 4) is 5.75 Å². The maximum Gasteiger partial charge on any atom is 0.387 e. The topological polar surface area (TPSA) is 104 Å². The highest BCUT2D eigenvalue weighted by Crippen LogP contribution is 2.27. The van der Waals surface area contributed by atoms with E-state index in [1.54, 1.807) is 31.2 Å². The molecule has 0 aliphatic rings. The van der Waals surface area contributed by atoms with E-state index in [4.69, 9.17) is 9.26 Å². The summed E-state index contributed by atoms with van der Waals surface area (Å²) in [6.07, 6.45) is 0. The van der Waals surface area contributed by atoms with Crippen LogP contribution >= 0.6 is 11.8 Å². The van der Waals surface area contributed by atoms with Crippen molar-refractivity contribution >= 4 is 29.3 Å². The van der Waals surface area contributed by atoms with Gasteiger partial charge in [-0.1, -0.05) is 29.4 Å². The van der Waals surface area contributed by atoms with Gasteiger partial charge in [0.05, 0.1) is 17.0 Å². The lowest BCUT2D eigenvalue weighted by atomic mass is 10.2. The summed E-state index contributed by atoms with van der Waals surface area (Å²) in [6, 6.07) is 12.4. The first-order valence-corrected chi connectivity index (χ1v) is 9.93. The number of aromatic nitrogens is 2. The third-order valence-electron chi connectivity index (χ3n) is 3.74. The maximum absolute atomic E-state index is 12.5. The summed E-state index contributed by atoms with van der Waals surface area (Å²) in [6.45, 7) is -1.95. The van der Waals surface area contributed by atoms with Crippen LogP contribution in [-0.2, 0) is 15.3 Å². The number of rotatable bonds is 9. The molecule has 11 heteroatoms. The molecule has 2 aromatic carbocycles. The molecule has 8 nitrogen and oxygen atoms in total. The summed E-state index contributed by atoms with van der Waals surface area (Å²) in [7, 11) is 0. The minimum Gasteiger partial charge on any atom is -0.452 e. The molecule has 0 aliphatic carbocycles. The number of benzene rings is 2. The molecule has 0 aliphatic heterocycles. The number of aryl methyl sites for hydroxylation is 1.